The van der Waals surface area contributed by atoms with E-state index in [-0.39, 0.29) is 0 Å². The van der Waals surface area contributed by atoms with Gasteiger partial charge < -0.3 is 10.0 Å². The molecule has 31 heavy (non-hydrogen) atoms. The molecule has 0 unspecified atom stereocenters. The smallest absolute Gasteiger partial charge is 0.328 e. The number of fused-ring (bicyclic) bond motifs is 1. The molecule has 2 fully saturated rings. The first-order valence-electron chi connectivity index (χ1n) is 8.29. The van der Waals surface area contributed by atoms with E-state index >= 15 is 0 Å². The highest BCUT2D eigenvalue weighted by atomic mass is 32.2. The molecule has 0 radical (unpaired) electrons. The molecule has 1 aromatic rings. The molecule has 15 nitrogen and oxygen atoms in total. The minimum Gasteiger partial charge on any atom is -0.480 e. The van der Waals surface area contributed by atoms with Crippen molar-refractivity contribution in [3.8, 4) is 0 Å². The molecule has 3 atom stereocenters. The number of rotatable bonds is 6. The second-order valence-corrected chi connectivity index (χ2v) is 11.6. The van der Waals surface area contributed by atoms with E-state index in [2.05, 4.69) is 0 Å². The number of nitrogens with zero attached hydrogens (tertiary/aromatic N) is 3. The van der Waals surface area contributed by atoms with Crippen molar-refractivity contribution < 1.29 is 41.4 Å². The summed E-state index contributed by atoms with van der Waals surface area (Å²) in [5.41, 5.74) is -1.93. The lowest BCUT2D eigenvalue weighted by atomic mass is 9.96. The summed E-state index contributed by atoms with van der Waals surface area (Å²) in [5, 5.41) is 29.6. The van der Waals surface area contributed by atoms with Crippen molar-refractivity contribution in [1.29, 1.82) is 0 Å². The molecule has 0 bridgehead atoms. The fourth-order valence-corrected chi connectivity index (χ4v) is 7.28. The number of carboxylic acid groups (broad SMARTS) is 1. The Labute approximate surface area is 173 Å². The topological polar surface area (TPSA) is 224 Å². The second kappa shape index (κ2) is 6.66. The highest BCUT2D eigenvalue weighted by Gasteiger charge is 2.72. The Morgan fingerprint density at radius 1 is 1.23 bits per heavy atom. The number of hydrogen-bond donors (Lipinski definition) is 2. The third-order valence-corrected chi connectivity index (χ3v) is 9.54. The average Bonchev–Trinajstić information content (AvgIpc) is 2.79. The van der Waals surface area contributed by atoms with Gasteiger partial charge in [-0.05, 0) is 19.9 Å². The number of non-ortho nitro benzene ring substituents is 1. The first-order valence-corrected chi connectivity index (χ1v) is 11.3. The number of benzene rings is 1. The Balaban J connectivity index is 2.03. The number of carbonyl (C=O) groups is 2. The average molecular weight is 478 g/mol. The molecule has 0 spiro atoms. The van der Waals surface area contributed by atoms with Gasteiger partial charge in [-0.25, -0.2) is 21.6 Å². The number of sulfone groups is 1. The lowest BCUT2D eigenvalue weighted by molar-refractivity contribution is -0.396. The van der Waals surface area contributed by atoms with E-state index < -0.39 is 80.1 Å². The predicted molar refractivity (Wildman–Crippen MR) is 98.9 cm³/mol. The molecule has 2 N–H and O–H groups in total. The minimum atomic E-state index is -4.91. The number of β-lactam (4-membered cyclic amide) rings is 1. The van der Waals surface area contributed by atoms with Crippen LogP contribution in [0, 0.1) is 20.2 Å². The molecule has 2 aliphatic heterocycles. The summed E-state index contributed by atoms with van der Waals surface area (Å²) < 4.78 is 50.8. The van der Waals surface area contributed by atoms with Crippen molar-refractivity contribution in [3.05, 3.63) is 38.4 Å². The van der Waals surface area contributed by atoms with Crippen molar-refractivity contribution in [2.24, 2.45) is 0 Å². The fourth-order valence-electron chi connectivity index (χ4n) is 3.64. The van der Waals surface area contributed by atoms with Gasteiger partial charge in [0.15, 0.2) is 20.1 Å². The number of hydrogen-bond acceptors (Lipinski definition) is 10. The van der Waals surface area contributed by atoms with E-state index in [1.807, 2.05) is 0 Å². The molecule has 3 rings (SSSR count). The van der Waals surface area contributed by atoms with Gasteiger partial charge in [0.05, 0.1) is 15.9 Å². The van der Waals surface area contributed by atoms with Gasteiger partial charge in [-0.15, -0.1) is 0 Å². The standard InChI is InChI=1S/C14H14N4O11S2/c1-14(2)10(13(20)21)16-11(19)9(12(16)30(14,26)27)15-31(28,29)8-4-3-6(17(22)23)5-7(8)18(24)25/h3-5,9-10,12,15H,1-2H3,(H,20,21)/t9-,10+,12-/m1/s1. The largest absolute Gasteiger partial charge is 0.480 e. The Bertz CT molecular complexity index is 1250. The summed E-state index contributed by atoms with van der Waals surface area (Å²) >= 11 is 0. The molecule has 0 aromatic heterocycles. The van der Waals surface area contributed by atoms with E-state index in [0.29, 0.717) is 23.1 Å². The molecule has 1 amide bonds. The molecule has 2 saturated heterocycles. The maximum Gasteiger partial charge on any atom is 0.328 e. The van der Waals surface area contributed by atoms with E-state index in [4.69, 9.17) is 0 Å². The van der Waals surface area contributed by atoms with Crippen LogP contribution >= 0.6 is 0 Å². The Kier molecular flexibility index (Phi) is 4.83. The Morgan fingerprint density at radius 2 is 1.81 bits per heavy atom. The Morgan fingerprint density at radius 3 is 2.29 bits per heavy atom. The predicted octanol–water partition coefficient (Wildman–Crippen LogP) is -1.02. The normalized spacial score (nSPS) is 26.1. The molecule has 168 valence electrons. The summed E-state index contributed by atoms with van der Waals surface area (Å²) in [6.45, 7) is 2.17. The maximum atomic E-state index is 12.8. The quantitative estimate of drug-likeness (QED) is 0.286. The van der Waals surface area contributed by atoms with Crippen LogP contribution < -0.4 is 4.72 Å². The number of nitro benzene ring substituents is 2. The van der Waals surface area contributed by atoms with Crippen LogP contribution in [0.15, 0.2) is 23.1 Å². The van der Waals surface area contributed by atoms with E-state index in [1.54, 1.807) is 4.72 Å². The second-order valence-electron chi connectivity index (χ2n) is 7.29. The zero-order valence-electron chi connectivity index (χ0n) is 15.7. The monoisotopic (exact) mass is 478 g/mol. The van der Waals surface area contributed by atoms with Crippen LogP contribution in [-0.2, 0) is 29.4 Å². The van der Waals surface area contributed by atoms with Crippen LogP contribution in [0.1, 0.15) is 13.8 Å². The molecular weight excluding hydrogens is 464 g/mol. The third-order valence-electron chi connectivity index (χ3n) is 5.22. The van der Waals surface area contributed by atoms with Gasteiger partial charge in [-0.1, -0.05) is 0 Å². The summed E-state index contributed by atoms with van der Waals surface area (Å²) in [5.74, 6) is -2.74. The van der Waals surface area contributed by atoms with Crippen LogP contribution in [0.2, 0.25) is 0 Å². The fraction of sp³-hybridized carbons (Fsp3) is 0.429. The van der Waals surface area contributed by atoms with Crippen molar-refractivity contribution in [2.75, 3.05) is 0 Å². The summed E-state index contributed by atoms with van der Waals surface area (Å²) in [7, 11) is -9.28. The van der Waals surface area contributed by atoms with E-state index in [1.165, 1.54) is 0 Å². The van der Waals surface area contributed by atoms with Gasteiger partial charge in [-0.2, -0.15) is 4.72 Å². The number of aliphatic carboxylic acids is 1. The van der Waals surface area contributed by atoms with Gasteiger partial charge in [0.1, 0.15) is 16.8 Å². The van der Waals surface area contributed by atoms with Crippen LogP contribution in [0.3, 0.4) is 0 Å². The van der Waals surface area contributed by atoms with Gasteiger partial charge >= 0.3 is 5.97 Å². The lowest BCUT2D eigenvalue weighted by Crippen LogP contribution is -2.71. The number of nitrogens with one attached hydrogen (secondary N) is 1. The van der Waals surface area contributed by atoms with Gasteiger partial charge in [0, 0.05) is 6.07 Å². The minimum absolute atomic E-state index is 0.402. The first kappa shape index (κ1) is 22.5. The number of carbonyl (C=O) groups excluding carboxylic acids is 1. The lowest BCUT2D eigenvalue weighted by Gasteiger charge is -2.42. The molecule has 0 aliphatic carbocycles. The van der Waals surface area contributed by atoms with Crippen molar-refractivity contribution in [1.82, 2.24) is 9.62 Å². The van der Waals surface area contributed by atoms with Crippen molar-refractivity contribution >= 4 is 43.1 Å². The summed E-state index contributed by atoms with van der Waals surface area (Å²) in [6.07, 6.45) is 0. The maximum absolute atomic E-state index is 12.8. The first-order chi connectivity index (χ1) is 14.1. The van der Waals surface area contributed by atoms with E-state index in [9.17, 15) is 51.8 Å². The van der Waals surface area contributed by atoms with Gasteiger partial charge in [-0.3, -0.25) is 25.0 Å². The highest BCUT2D eigenvalue weighted by Crippen LogP contribution is 2.46. The number of amides is 1. The van der Waals surface area contributed by atoms with E-state index in [0.717, 1.165) is 13.8 Å². The van der Waals surface area contributed by atoms with Crippen molar-refractivity contribution in [3.63, 3.8) is 0 Å². The summed E-state index contributed by atoms with van der Waals surface area (Å²) in [6, 6.07) is -2.02. The molecule has 2 aliphatic rings. The molecule has 0 saturated carbocycles. The van der Waals surface area contributed by atoms with Crippen LogP contribution in [0.4, 0.5) is 11.4 Å². The number of carboxylic acids is 1. The Hall–Kier alpha value is -3.18. The third kappa shape index (κ3) is 3.03. The SMILES string of the molecule is CC1(C)[C@H](C(=O)O)N2C(=O)[C@@H](NS(=O)(=O)c3ccc([N+](=O)[O-])cc3[N+](=O)[O-])[C@H]2S1(=O)=O. The zero-order chi connectivity index (χ0) is 23.7. The molecule has 1 aromatic carbocycles. The number of nitro groups is 2. The molecule has 2 heterocycles. The van der Waals surface area contributed by atoms with Gasteiger partial charge in [0.2, 0.25) is 15.9 Å². The van der Waals surface area contributed by atoms with Crippen LogP contribution in [-0.4, -0.2) is 70.8 Å². The number of sulfonamides is 1. The van der Waals surface area contributed by atoms with Crippen molar-refractivity contribution in [2.45, 2.75) is 40.9 Å². The highest BCUT2D eigenvalue weighted by molar-refractivity contribution is 7.94. The van der Waals surface area contributed by atoms with Gasteiger partial charge in [0.25, 0.3) is 11.4 Å². The zero-order valence-corrected chi connectivity index (χ0v) is 17.3. The molecule has 17 heteroatoms. The summed E-state index contributed by atoms with van der Waals surface area (Å²) in [4.78, 5) is 43.4. The van der Waals surface area contributed by atoms with Crippen LogP contribution in [0.5, 0.6) is 0 Å². The molecular formula is C14H14N4O11S2. The van der Waals surface area contributed by atoms with Crippen LogP contribution in [0.25, 0.3) is 0 Å².